The van der Waals surface area contributed by atoms with Gasteiger partial charge >= 0.3 is 0 Å². The molecule has 1 aliphatic heterocycles. The summed E-state index contributed by atoms with van der Waals surface area (Å²) in [5, 5.41) is 40.9. The van der Waals surface area contributed by atoms with E-state index in [1.807, 2.05) is 19.1 Å². The molecule has 164 valence electrons. The first-order valence-electron chi connectivity index (χ1n) is 10.0. The summed E-state index contributed by atoms with van der Waals surface area (Å²) in [5.41, 5.74) is 4.65. The van der Waals surface area contributed by atoms with Crippen LogP contribution in [0.5, 0.6) is 0 Å². The number of hydrogen-bond acceptors (Lipinski definition) is 6. The average Bonchev–Trinajstić information content (AvgIpc) is 2.75. The zero-order chi connectivity index (χ0) is 22.1. The standard InChI is InChI=1S/C23H29BrO6/c1-4-14-5-7-15(8-6-14)10-16-11-17(13(2)9-18(16)24)23(29-3)22(28)21(27)20(26)19(12-25)30-23/h5-9,11,19-22,25-28H,4,10,12H2,1-3H3/t19?,20-,21+,22-,23+/m1/s1. The molecule has 0 aromatic heterocycles. The van der Waals surface area contributed by atoms with Crippen molar-refractivity contribution in [1.29, 1.82) is 0 Å². The second-order valence-electron chi connectivity index (χ2n) is 7.74. The van der Waals surface area contributed by atoms with Gasteiger partial charge in [-0.25, -0.2) is 0 Å². The first-order valence-corrected chi connectivity index (χ1v) is 10.8. The molecule has 4 N–H and O–H groups in total. The lowest BCUT2D eigenvalue weighted by Gasteiger charge is -2.48. The van der Waals surface area contributed by atoms with Crippen LogP contribution in [0, 0.1) is 6.92 Å². The van der Waals surface area contributed by atoms with Gasteiger partial charge in [-0.05, 0) is 54.2 Å². The average molecular weight is 481 g/mol. The minimum atomic E-state index is -1.72. The van der Waals surface area contributed by atoms with Gasteiger partial charge < -0.3 is 29.9 Å². The first kappa shape index (κ1) is 23.3. The Kier molecular flexibility index (Phi) is 7.35. The Morgan fingerprint density at radius 3 is 2.27 bits per heavy atom. The predicted octanol–water partition coefficient (Wildman–Crippen LogP) is 2.18. The van der Waals surface area contributed by atoms with E-state index in [-0.39, 0.29) is 0 Å². The quantitative estimate of drug-likeness (QED) is 0.505. The van der Waals surface area contributed by atoms with Crippen LogP contribution >= 0.6 is 15.9 Å². The van der Waals surface area contributed by atoms with Crippen LogP contribution in [0.3, 0.4) is 0 Å². The van der Waals surface area contributed by atoms with Crippen LogP contribution in [-0.2, 0) is 28.1 Å². The number of rotatable bonds is 6. The summed E-state index contributed by atoms with van der Waals surface area (Å²) in [6, 6.07) is 12.2. The summed E-state index contributed by atoms with van der Waals surface area (Å²) >= 11 is 3.62. The van der Waals surface area contributed by atoms with Gasteiger partial charge in [0.25, 0.3) is 0 Å². The molecule has 6 nitrogen and oxygen atoms in total. The van der Waals surface area contributed by atoms with Crippen molar-refractivity contribution >= 4 is 15.9 Å². The summed E-state index contributed by atoms with van der Waals surface area (Å²) < 4.78 is 12.4. The maximum absolute atomic E-state index is 10.8. The highest BCUT2D eigenvalue weighted by Crippen LogP contribution is 2.42. The summed E-state index contributed by atoms with van der Waals surface area (Å²) in [6.07, 6.45) is -4.00. The third-order valence-electron chi connectivity index (χ3n) is 5.85. The molecule has 1 fully saturated rings. The Morgan fingerprint density at radius 1 is 1.07 bits per heavy atom. The third-order valence-corrected chi connectivity index (χ3v) is 6.59. The molecule has 0 aliphatic carbocycles. The molecule has 0 amide bonds. The number of methoxy groups -OCH3 is 1. The van der Waals surface area contributed by atoms with E-state index >= 15 is 0 Å². The first-order chi connectivity index (χ1) is 14.3. The second-order valence-corrected chi connectivity index (χ2v) is 8.60. The molecule has 7 heteroatoms. The van der Waals surface area contributed by atoms with E-state index in [0.717, 1.165) is 27.6 Å². The minimum Gasteiger partial charge on any atom is -0.394 e. The number of aryl methyl sites for hydroxylation is 2. The van der Waals surface area contributed by atoms with Crippen molar-refractivity contribution in [3.05, 3.63) is 68.7 Å². The van der Waals surface area contributed by atoms with Crippen LogP contribution in [0.2, 0.25) is 0 Å². The summed E-state index contributed by atoms with van der Waals surface area (Å²) in [5.74, 6) is -1.72. The van der Waals surface area contributed by atoms with E-state index in [4.69, 9.17) is 9.47 Å². The Balaban J connectivity index is 2.04. The highest BCUT2D eigenvalue weighted by molar-refractivity contribution is 9.10. The molecule has 0 radical (unpaired) electrons. The molecule has 0 saturated carbocycles. The van der Waals surface area contributed by atoms with Crippen LogP contribution in [0.4, 0.5) is 0 Å². The SMILES string of the molecule is CCc1ccc(Cc2cc([C@]3(OC)OC(CO)[C@@H](O)[C@H](O)[C@H]3O)c(C)cc2Br)cc1. The summed E-state index contributed by atoms with van der Waals surface area (Å²) in [6.45, 7) is 3.44. The van der Waals surface area contributed by atoms with Crippen molar-refractivity contribution in [2.45, 2.75) is 56.9 Å². The van der Waals surface area contributed by atoms with Gasteiger partial charge in [0.1, 0.15) is 24.4 Å². The van der Waals surface area contributed by atoms with Crippen molar-refractivity contribution in [1.82, 2.24) is 0 Å². The number of benzene rings is 2. The van der Waals surface area contributed by atoms with E-state index < -0.39 is 36.8 Å². The molecule has 5 atom stereocenters. The Labute approximate surface area is 185 Å². The number of aliphatic hydroxyl groups is 4. The number of aliphatic hydroxyl groups excluding tert-OH is 4. The fraction of sp³-hybridized carbons (Fsp3) is 0.478. The zero-order valence-corrected chi connectivity index (χ0v) is 19.0. The molecular formula is C23H29BrO6. The largest absolute Gasteiger partial charge is 0.394 e. The number of hydrogen-bond donors (Lipinski definition) is 4. The summed E-state index contributed by atoms with van der Waals surface area (Å²) in [4.78, 5) is 0. The molecular weight excluding hydrogens is 452 g/mol. The molecule has 3 rings (SSSR count). The van der Waals surface area contributed by atoms with Crippen molar-refractivity contribution in [2.24, 2.45) is 0 Å². The Bertz CT molecular complexity index is 869. The molecule has 1 unspecified atom stereocenters. The van der Waals surface area contributed by atoms with E-state index in [9.17, 15) is 20.4 Å². The van der Waals surface area contributed by atoms with Crippen molar-refractivity contribution in [3.63, 3.8) is 0 Å². The van der Waals surface area contributed by atoms with Gasteiger partial charge in [-0.15, -0.1) is 0 Å². The highest BCUT2D eigenvalue weighted by Gasteiger charge is 2.55. The maximum Gasteiger partial charge on any atom is 0.225 e. The number of ether oxygens (including phenoxy) is 2. The van der Waals surface area contributed by atoms with E-state index in [0.29, 0.717) is 12.0 Å². The van der Waals surface area contributed by atoms with E-state index in [2.05, 4.69) is 47.1 Å². The fourth-order valence-electron chi connectivity index (χ4n) is 3.98. The molecule has 30 heavy (non-hydrogen) atoms. The zero-order valence-electron chi connectivity index (χ0n) is 17.4. The maximum atomic E-state index is 10.8. The smallest absolute Gasteiger partial charge is 0.225 e. The van der Waals surface area contributed by atoms with Gasteiger partial charge in [-0.2, -0.15) is 0 Å². The molecule has 0 spiro atoms. The monoisotopic (exact) mass is 480 g/mol. The lowest BCUT2D eigenvalue weighted by atomic mass is 9.85. The lowest BCUT2D eigenvalue weighted by molar-refractivity contribution is -0.366. The Hall–Kier alpha value is -1.32. The molecule has 0 bridgehead atoms. The van der Waals surface area contributed by atoms with Crippen LogP contribution in [0.1, 0.15) is 34.7 Å². The normalized spacial score (nSPS) is 29.2. The predicted molar refractivity (Wildman–Crippen MR) is 116 cm³/mol. The lowest BCUT2D eigenvalue weighted by Crippen LogP contribution is -2.64. The molecule has 2 aromatic carbocycles. The van der Waals surface area contributed by atoms with Gasteiger partial charge in [-0.3, -0.25) is 0 Å². The second kappa shape index (κ2) is 9.44. The van der Waals surface area contributed by atoms with Crippen molar-refractivity contribution < 1.29 is 29.9 Å². The molecule has 1 saturated heterocycles. The molecule has 1 aliphatic rings. The van der Waals surface area contributed by atoms with Crippen LogP contribution in [-0.4, -0.2) is 58.6 Å². The van der Waals surface area contributed by atoms with Gasteiger partial charge in [0.15, 0.2) is 0 Å². The molecule has 2 aromatic rings. The highest BCUT2D eigenvalue weighted by atomic mass is 79.9. The van der Waals surface area contributed by atoms with Gasteiger partial charge in [0.05, 0.1) is 6.61 Å². The number of halogens is 1. The van der Waals surface area contributed by atoms with Gasteiger partial charge in [0.2, 0.25) is 5.79 Å². The fourth-order valence-corrected chi connectivity index (χ4v) is 4.58. The van der Waals surface area contributed by atoms with Gasteiger partial charge in [-0.1, -0.05) is 47.1 Å². The van der Waals surface area contributed by atoms with Crippen LogP contribution < -0.4 is 0 Å². The van der Waals surface area contributed by atoms with E-state index in [1.165, 1.54) is 12.7 Å². The van der Waals surface area contributed by atoms with E-state index in [1.54, 1.807) is 0 Å². The van der Waals surface area contributed by atoms with Crippen molar-refractivity contribution in [2.75, 3.05) is 13.7 Å². The molecule has 1 heterocycles. The van der Waals surface area contributed by atoms with Gasteiger partial charge in [0, 0.05) is 17.1 Å². The minimum absolute atomic E-state index is 0.526. The van der Waals surface area contributed by atoms with Crippen LogP contribution in [0.15, 0.2) is 40.9 Å². The van der Waals surface area contributed by atoms with Crippen molar-refractivity contribution in [3.8, 4) is 0 Å². The summed E-state index contributed by atoms with van der Waals surface area (Å²) in [7, 11) is 1.37. The third kappa shape index (κ3) is 4.21. The Morgan fingerprint density at radius 2 is 1.70 bits per heavy atom. The van der Waals surface area contributed by atoms with Crippen LogP contribution in [0.25, 0.3) is 0 Å². The topological polar surface area (TPSA) is 99.4 Å².